The lowest BCUT2D eigenvalue weighted by atomic mass is 10.1. The van der Waals surface area contributed by atoms with Crippen molar-refractivity contribution in [1.29, 1.82) is 0 Å². The SMILES string of the molecule is Cc1nc(C(=O)N2CCCC(NS(C)(=O)=O)C2)n[nH]1. The molecule has 0 radical (unpaired) electrons. The number of amides is 1. The third-order valence-corrected chi connectivity index (χ3v) is 3.64. The minimum Gasteiger partial charge on any atom is -0.334 e. The average Bonchev–Trinajstić information content (AvgIpc) is 2.73. The first-order chi connectivity index (χ1) is 8.85. The second-order valence-electron chi connectivity index (χ2n) is 4.72. The van der Waals surface area contributed by atoms with E-state index in [2.05, 4.69) is 19.9 Å². The molecule has 0 aromatic carbocycles. The van der Waals surface area contributed by atoms with Crippen molar-refractivity contribution in [3.63, 3.8) is 0 Å². The van der Waals surface area contributed by atoms with Crippen LogP contribution >= 0.6 is 0 Å². The second-order valence-corrected chi connectivity index (χ2v) is 6.50. The molecule has 2 heterocycles. The Kier molecular flexibility index (Phi) is 3.85. The smallest absolute Gasteiger partial charge is 0.293 e. The Hall–Kier alpha value is -1.48. The van der Waals surface area contributed by atoms with Crippen molar-refractivity contribution in [2.45, 2.75) is 25.8 Å². The van der Waals surface area contributed by atoms with Gasteiger partial charge in [0.1, 0.15) is 5.82 Å². The van der Waals surface area contributed by atoms with Crippen molar-refractivity contribution in [3.8, 4) is 0 Å². The molecule has 9 heteroatoms. The van der Waals surface area contributed by atoms with Gasteiger partial charge in [-0.05, 0) is 19.8 Å². The highest BCUT2D eigenvalue weighted by Gasteiger charge is 2.27. The van der Waals surface area contributed by atoms with Crippen LogP contribution in [-0.2, 0) is 10.0 Å². The Morgan fingerprint density at radius 3 is 2.84 bits per heavy atom. The molecule has 1 unspecified atom stereocenters. The molecule has 1 aromatic heterocycles. The van der Waals surface area contributed by atoms with Crippen molar-refractivity contribution >= 4 is 15.9 Å². The van der Waals surface area contributed by atoms with Crippen molar-refractivity contribution in [2.24, 2.45) is 0 Å². The summed E-state index contributed by atoms with van der Waals surface area (Å²) in [7, 11) is -3.26. The molecule has 2 N–H and O–H groups in total. The number of hydrogen-bond donors (Lipinski definition) is 2. The molecule has 19 heavy (non-hydrogen) atoms. The molecule has 1 atom stereocenters. The molecule has 1 fully saturated rings. The fourth-order valence-corrected chi connectivity index (χ4v) is 2.94. The van der Waals surface area contributed by atoms with Crippen LogP contribution in [0.3, 0.4) is 0 Å². The molecule has 106 valence electrons. The number of nitrogens with one attached hydrogen (secondary N) is 2. The normalized spacial score (nSPS) is 20.5. The number of piperidine rings is 1. The lowest BCUT2D eigenvalue weighted by Crippen LogP contribution is -2.49. The van der Waals surface area contributed by atoms with Gasteiger partial charge in [-0.25, -0.2) is 18.1 Å². The predicted octanol–water partition coefficient (Wildman–Crippen LogP) is -0.733. The number of nitrogens with zero attached hydrogens (tertiary/aromatic N) is 3. The number of carbonyl (C=O) groups excluding carboxylic acids is 1. The van der Waals surface area contributed by atoms with E-state index < -0.39 is 10.0 Å². The van der Waals surface area contributed by atoms with Gasteiger partial charge in [-0.3, -0.25) is 9.89 Å². The van der Waals surface area contributed by atoms with Gasteiger partial charge in [-0.2, -0.15) is 0 Å². The summed E-state index contributed by atoms with van der Waals surface area (Å²) >= 11 is 0. The zero-order valence-electron chi connectivity index (χ0n) is 10.9. The topological polar surface area (TPSA) is 108 Å². The first-order valence-corrected chi connectivity index (χ1v) is 7.90. The van der Waals surface area contributed by atoms with Crippen LogP contribution in [0.2, 0.25) is 0 Å². The Morgan fingerprint density at radius 1 is 1.53 bits per heavy atom. The lowest BCUT2D eigenvalue weighted by Gasteiger charge is -2.31. The zero-order valence-corrected chi connectivity index (χ0v) is 11.7. The van der Waals surface area contributed by atoms with E-state index in [9.17, 15) is 13.2 Å². The minimum atomic E-state index is -3.26. The Balaban J connectivity index is 2.03. The third kappa shape index (κ3) is 3.74. The van der Waals surface area contributed by atoms with Crippen LogP contribution in [-0.4, -0.2) is 59.8 Å². The first kappa shape index (κ1) is 13.9. The summed E-state index contributed by atoms with van der Waals surface area (Å²) in [5, 5.41) is 6.44. The molecule has 0 aliphatic carbocycles. The van der Waals surface area contributed by atoms with E-state index in [1.807, 2.05) is 0 Å². The fraction of sp³-hybridized carbons (Fsp3) is 0.700. The molecule has 0 spiro atoms. The maximum absolute atomic E-state index is 12.1. The number of rotatable bonds is 3. The first-order valence-electron chi connectivity index (χ1n) is 6.01. The zero-order chi connectivity index (χ0) is 14.0. The Bertz CT molecular complexity index is 567. The number of aromatic nitrogens is 3. The van der Waals surface area contributed by atoms with Gasteiger partial charge in [0.25, 0.3) is 5.91 Å². The van der Waals surface area contributed by atoms with E-state index in [1.165, 1.54) is 0 Å². The predicted molar refractivity (Wildman–Crippen MR) is 68.0 cm³/mol. The largest absolute Gasteiger partial charge is 0.334 e. The van der Waals surface area contributed by atoms with Gasteiger partial charge in [-0.15, -0.1) is 5.10 Å². The number of aryl methyl sites for hydroxylation is 1. The van der Waals surface area contributed by atoms with Gasteiger partial charge in [0.2, 0.25) is 15.8 Å². The van der Waals surface area contributed by atoms with Crippen LogP contribution in [0, 0.1) is 6.92 Å². The van der Waals surface area contributed by atoms with E-state index in [4.69, 9.17) is 0 Å². The van der Waals surface area contributed by atoms with Crippen LogP contribution in [0.5, 0.6) is 0 Å². The maximum Gasteiger partial charge on any atom is 0.293 e. The van der Waals surface area contributed by atoms with Gasteiger partial charge < -0.3 is 4.90 Å². The molecule has 1 aliphatic heterocycles. The number of sulfonamides is 1. The van der Waals surface area contributed by atoms with E-state index >= 15 is 0 Å². The van der Waals surface area contributed by atoms with Gasteiger partial charge in [0.05, 0.1) is 6.26 Å². The van der Waals surface area contributed by atoms with E-state index in [-0.39, 0.29) is 17.8 Å². The summed E-state index contributed by atoms with van der Waals surface area (Å²) in [6, 6.07) is -0.243. The van der Waals surface area contributed by atoms with Crippen LogP contribution in [0.15, 0.2) is 0 Å². The standard InChI is InChI=1S/C10H17N5O3S/c1-7-11-9(13-12-7)10(16)15-5-3-4-8(6-15)14-19(2,17)18/h8,14H,3-6H2,1-2H3,(H,11,12,13). The number of hydrogen-bond acceptors (Lipinski definition) is 5. The average molecular weight is 287 g/mol. The second kappa shape index (κ2) is 5.25. The Labute approximate surface area is 111 Å². The van der Waals surface area contributed by atoms with E-state index in [0.29, 0.717) is 18.9 Å². The molecule has 1 saturated heterocycles. The molecular formula is C10H17N5O3S. The summed E-state index contributed by atoms with van der Waals surface area (Å²) < 4.78 is 24.9. The van der Waals surface area contributed by atoms with Crippen molar-refractivity contribution in [1.82, 2.24) is 24.8 Å². The Morgan fingerprint density at radius 2 is 2.26 bits per heavy atom. The summed E-state index contributed by atoms with van der Waals surface area (Å²) in [5.74, 6) is 0.424. The van der Waals surface area contributed by atoms with Crippen molar-refractivity contribution in [2.75, 3.05) is 19.3 Å². The maximum atomic E-state index is 12.1. The van der Waals surface area contributed by atoms with Crippen LogP contribution in [0.4, 0.5) is 0 Å². The highest BCUT2D eigenvalue weighted by atomic mass is 32.2. The quantitative estimate of drug-likeness (QED) is 0.761. The molecular weight excluding hydrogens is 270 g/mol. The van der Waals surface area contributed by atoms with Crippen LogP contribution < -0.4 is 4.72 Å². The van der Waals surface area contributed by atoms with E-state index in [0.717, 1.165) is 19.1 Å². The summed E-state index contributed by atoms with van der Waals surface area (Å²) in [6.45, 7) is 2.65. The monoisotopic (exact) mass is 287 g/mol. The molecule has 1 aliphatic rings. The minimum absolute atomic E-state index is 0.123. The van der Waals surface area contributed by atoms with Crippen molar-refractivity contribution < 1.29 is 13.2 Å². The highest BCUT2D eigenvalue weighted by Crippen LogP contribution is 2.13. The van der Waals surface area contributed by atoms with Gasteiger partial charge in [0, 0.05) is 19.1 Å². The highest BCUT2D eigenvalue weighted by molar-refractivity contribution is 7.88. The molecule has 0 saturated carbocycles. The van der Waals surface area contributed by atoms with Crippen LogP contribution in [0.1, 0.15) is 29.3 Å². The summed E-state index contributed by atoms with van der Waals surface area (Å²) in [5.41, 5.74) is 0. The fourth-order valence-electron chi connectivity index (χ4n) is 2.14. The summed E-state index contributed by atoms with van der Waals surface area (Å²) in [4.78, 5) is 17.7. The van der Waals surface area contributed by atoms with E-state index in [1.54, 1.807) is 11.8 Å². The molecule has 2 rings (SSSR count). The lowest BCUT2D eigenvalue weighted by molar-refractivity contribution is 0.0691. The van der Waals surface area contributed by atoms with Crippen molar-refractivity contribution in [3.05, 3.63) is 11.6 Å². The molecule has 8 nitrogen and oxygen atoms in total. The van der Waals surface area contributed by atoms with Gasteiger partial charge in [0.15, 0.2) is 0 Å². The number of aromatic amines is 1. The van der Waals surface area contributed by atoms with Gasteiger partial charge in [-0.1, -0.05) is 0 Å². The number of likely N-dealkylation sites (tertiary alicyclic amines) is 1. The number of H-pyrrole nitrogens is 1. The van der Waals surface area contributed by atoms with Gasteiger partial charge >= 0.3 is 0 Å². The molecule has 0 bridgehead atoms. The number of carbonyl (C=O) groups is 1. The molecule has 1 aromatic rings. The summed E-state index contributed by atoms with van der Waals surface area (Å²) in [6.07, 6.45) is 2.60. The van der Waals surface area contributed by atoms with Crippen LogP contribution in [0.25, 0.3) is 0 Å². The third-order valence-electron chi connectivity index (χ3n) is 2.88. The molecule has 1 amide bonds.